The van der Waals surface area contributed by atoms with Crippen molar-refractivity contribution in [1.29, 1.82) is 0 Å². The van der Waals surface area contributed by atoms with Crippen molar-refractivity contribution in [3.8, 4) is 16.9 Å². The third-order valence-corrected chi connectivity index (χ3v) is 5.90. The fourth-order valence-corrected chi connectivity index (χ4v) is 4.33. The molecule has 0 N–H and O–H groups in total. The van der Waals surface area contributed by atoms with Crippen LogP contribution in [0.3, 0.4) is 0 Å². The molecule has 0 aliphatic heterocycles. The van der Waals surface area contributed by atoms with Crippen molar-refractivity contribution >= 4 is 11.9 Å². The van der Waals surface area contributed by atoms with Crippen LogP contribution in [0.1, 0.15) is 49.3 Å². The lowest BCUT2D eigenvalue weighted by Gasteiger charge is -2.29. The number of hydrogen-bond donors (Lipinski definition) is 0. The highest BCUT2D eigenvalue weighted by Crippen LogP contribution is 2.35. The second-order valence-corrected chi connectivity index (χ2v) is 8.03. The zero-order chi connectivity index (χ0) is 21.7. The molecular formula is C25H31NO4. The third kappa shape index (κ3) is 5.02. The molecule has 0 bridgehead atoms. The van der Waals surface area contributed by atoms with Crippen LogP contribution in [-0.2, 0) is 27.3 Å². The number of benzene rings is 2. The lowest BCUT2D eigenvalue weighted by Crippen LogP contribution is -2.36. The van der Waals surface area contributed by atoms with E-state index in [0.717, 1.165) is 46.4 Å². The number of methoxy groups -OCH3 is 2. The molecular weight excluding hydrogens is 378 g/mol. The van der Waals surface area contributed by atoms with Gasteiger partial charge in [0.15, 0.2) is 0 Å². The fourth-order valence-electron chi connectivity index (χ4n) is 4.33. The molecule has 0 heterocycles. The summed E-state index contributed by atoms with van der Waals surface area (Å²) in [7, 11) is 3.04. The van der Waals surface area contributed by atoms with E-state index in [1.165, 1.54) is 20.0 Å². The van der Waals surface area contributed by atoms with Gasteiger partial charge in [-0.15, -0.1) is 0 Å². The average molecular weight is 410 g/mol. The van der Waals surface area contributed by atoms with E-state index in [9.17, 15) is 9.59 Å². The number of hydrogen-bond acceptors (Lipinski definition) is 4. The van der Waals surface area contributed by atoms with Crippen molar-refractivity contribution in [2.24, 2.45) is 0 Å². The highest BCUT2D eigenvalue weighted by Gasteiger charge is 2.26. The number of rotatable bonds is 7. The summed E-state index contributed by atoms with van der Waals surface area (Å²) in [5.41, 5.74) is 5.04. The zero-order valence-electron chi connectivity index (χ0n) is 18.4. The predicted octanol–water partition coefficient (Wildman–Crippen LogP) is 4.68. The monoisotopic (exact) mass is 409 g/mol. The van der Waals surface area contributed by atoms with Gasteiger partial charge in [0.25, 0.3) is 0 Å². The number of carbonyl (C=O) groups excluding carboxylic acids is 2. The van der Waals surface area contributed by atoms with Gasteiger partial charge in [-0.3, -0.25) is 9.59 Å². The summed E-state index contributed by atoms with van der Waals surface area (Å²) in [5.74, 6) is 0.573. The maximum atomic E-state index is 12.4. The van der Waals surface area contributed by atoms with Gasteiger partial charge in [-0.1, -0.05) is 42.7 Å². The van der Waals surface area contributed by atoms with Crippen molar-refractivity contribution < 1.29 is 19.1 Å². The summed E-state index contributed by atoms with van der Waals surface area (Å²) in [5, 5.41) is 0. The van der Waals surface area contributed by atoms with Gasteiger partial charge in [-0.2, -0.15) is 0 Å². The number of ether oxygens (including phenoxy) is 2. The second kappa shape index (κ2) is 9.79. The van der Waals surface area contributed by atoms with Crippen LogP contribution < -0.4 is 4.74 Å². The van der Waals surface area contributed by atoms with Crippen molar-refractivity contribution in [3.05, 3.63) is 53.1 Å². The maximum Gasteiger partial charge on any atom is 0.309 e. The molecule has 160 valence electrons. The van der Waals surface area contributed by atoms with Gasteiger partial charge in [0.1, 0.15) is 5.75 Å². The molecule has 0 atom stereocenters. The van der Waals surface area contributed by atoms with Crippen molar-refractivity contribution in [2.75, 3.05) is 14.2 Å². The molecule has 0 unspecified atom stereocenters. The highest BCUT2D eigenvalue weighted by atomic mass is 16.5. The van der Waals surface area contributed by atoms with Gasteiger partial charge in [-0.05, 0) is 48.6 Å². The van der Waals surface area contributed by atoms with E-state index in [0.29, 0.717) is 12.6 Å². The van der Waals surface area contributed by atoms with E-state index < -0.39 is 0 Å². The van der Waals surface area contributed by atoms with Gasteiger partial charge in [0.2, 0.25) is 5.91 Å². The van der Waals surface area contributed by atoms with Crippen LogP contribution in [0, 0.1) is 6.92 Å². The summed E-state index contributed by atoms with van der Waals surface area (Å²) in [6, 6.07) is 12.4. The van der Waals surface area contributed by atoms with E-state index in [4.69, 9.17) is 9.47 Å². The first-order valence-corrected chi connectivity index (χ1v) is 10.5. The summed E-state index contributed by atoms with van der Waals surface area (Å²) in [6.07, 6.45) is 4.70. The SMILES string of the molecule is COC(=O)Cc1ccc(OC)c(-c2ccc(C)cc2CN(C(C)=O)C2CCCC2)c1. The third-order valence-electron chi connectivity index (χ3n) is 5.90. The van der Waals surface area contributed by atoms with Crippen molar-refractivity contribution in [3.63, 3.8) is 0 Å². The molecule has 1 saturated carbocycles. The normalized spacial score (nSPS) is 13.9. The number of amides is 1. The summed E-state index contributed by atoms with van der Waals surface area (Å²) in [6.45, 7) is 4.29. The zero-order valence-corrected chi connectivity index (χ0v) is 18.4. The Morgan fingerprint density at radius 1 is 1.03 bits per heavy atom. The summed E-state index contributed by atoms with van der Waals surface area (Å²) >= 11 is 0. The quantitative estimate of drug-likeness (QED) is 0.623. The van der Waals surface area contributed by atoms with E-state index in [1.807, 2.05) is 23.1 Å². The molecule has 30 heavy (non-hydrogen) atoms. The van der Waals surface area contributed by atoms with Crippen LogP contribution in [0.15, 0.2) is 36.4 Å². The Morgan fingerprint density at radius 3 is 2.40 bits per heavy atom. The lowest BCUT2D eigenvalue weighted by atomic mass is 9.94. The molecule has 1 aliphatic rings. The molecule has 0 aromatic heterocycles. The smallest absolute Gasteiger partial charge is 0.309 e. The highest BCUT2D eigenvalue weighted by molar-refractivity contribution is 5.78. The molecule has 0 spiro atoms. The second-order valence-electron chi connectivity index (χ2n) is 8.03. The summed E-state index contributed by atoms with van der Waals surface area (Å²) < 4.78 is 10.4. The van der Waals surface area contributed by atoms with Crippen LogP contribution in [0.4, 0.5) is 0 Å². The molecule has 0 saturated heterocycles. The number of nitrogens with zero attached hydrogens (tertiary/aromatic N) is 1. The van der Waals surface area contributed by atoms with Crippen LogP contribution in [0.2, 0.25) is 0 Å². The molecule has 5 nitrogen and oxygen atoms in total. The topological polar surface area (TPSA) is 55.8 Å². The standard InChI is InChI=1S/C25H31NO4/c1-17-9-11-22(20(13-17)16-26(18(2)27)21-7-5-6-8-21)23-14-19(15-25(28)30-4)10-12-24(23)29-3/h9-14,21H,5-8,15-16H2,1-4H3. The first kappa shape index (κ1) is 21.9. The van der Waals surface area contributed by atoms with Crippen molar-refractivity contribution in [1.82, 2.24) is 4.90 Å². The van der Waals surface area contributed by atoms with E-state index >= 15 is 0 Å². The largest absolute Gasteiger partial charge is 0.496 e. The molecule has 1 aliphatic carbocycles. The number of aryl methyl sites for hydroxylation is 1. The average Bonchev–Trinajstić information content (AvgIpc) is 3.26. The van der Waals surface area contributed by atoms with Crippen molar-refractivity contribution in [2.45, 2.75) is 58.5 Å². The van der Waals surface area contributed by atoms with Gasteiger partial charge in [0, 0.05) is 25.1 Å². The summed E-state index contributed by atoms with van der Waals surface area (Å²) in [4.78, 5) is 26.2. The van der Waals surface area contributed by atoms with Gasteiger partial charge >= 0.3 is 5.97 Å². The van der Waals surface area contributed by atoms with Gasteiger partial charge in [-0.25, -0.2) is 0 Å². The molecule has 5 heteroatoms. The minimum atomic E-state index is -0.278. The Morgan fingerprint density at radius 2 is 1.77 bits per heavy atom. The molecule has 1 amide bonds. The lowest BCUT2D eigenvalue weighted by molar-refractivity contribution is -0.139. The van der Waals surface area contributed by atoms with Crippen LogP contribution in [0.25, 0.3) is 11.1 Å². The molecule has 2 aromatic carbocycles. The number of carbonyl (C=O) groups is 2. The molecule has 1 fully saturated rings. The first-order chi connectivity index (χ1) is 14.4. The van der Waals surface area contributed by atoms with Gasteiger partial charge in [0.05, 0.1) is 20.6 Å². The molecule has 2 aromatic rings. The Hall–Kier alpha value is -2.82. The van der Waals surface area contributed by atoms with Crippen LogP contribution in [-0.4, -0.2) is 37.0 Å². The number of esters is 1. The minimum Gasteiger partial charge on any atom is -0.496 e. The Balaban J connectivity index is 2.03. The van der Waals surface area contributed by atoms with Crippen LogP contribution in [0.5, 0.6) is 5.75 Å². The predicted molar refractivity (Wildman–Crippen MR) is 117 cm³/mol. The van der Waals surface area contributed by atoms with Crippen LogP contribution >= 0.6 is 0 Å². The maximum absolute atomic E-state index is 12.4. The Bertz CT molecular complexity index is 915. The van der Waals surface area contributed by atoms with E-state index in [2.05, 4.69) is 25.1 Å². The molecule has 0 radical (unpaired) electrons. The first-order valence-electron chi connectivity index (χ1n) is 10.5. The Labute approximate surface area is 179 Å². The minimum absolute atomic E-state index is 0.112. The van der Waals surface area contributed by atoms with Gasteiger partial charge < -0.3 is 14.4 Å². The Kier molecular flexibility index (Phi) is 7.14. The van der Waals surface area contributed by atoms with E-state index in [-0.39, 0.29) is 18.3 Å². The fraction of sp³-hybridized carbons (Fsp3) is 0.440. The van der Waals surface area contributed by atoms with E-state index in [1.54, 1.807) is 14.0 Å². The molecule has 3 rings (SSSR count).